The van der Waals surface area contributed by atoms with Crippen LogP contribution >= 0.6 is 24.0 Å². The minimum atomic E-state index is -0.0739. The third-order valence-corrected chi connectivity index (χ3v) is 4.60. The van der Waals surface area contributed by atoms with Crippen LogP contribution in [0.2, 0.25) is 0 Å². The second-order valence-electron chi connectivity index (χ2n) is 6.73. The molecule has 7 heteroatoms. The Morgan fingerprint density at radius 2 is 1.85 bits per heavy atom. The number of nitrogens with zero attached hydrogens (tertiary/aromatic N) is 2. The highest BCUT2D eigenvalue weighted by Crippen LogP contribution is 2.10. The quantitative estimate of drug-likeness (QED) is 0.156. The van der Waals surface area contributed by atoms with Gasteiger partial charge in [0, 0.05) is 39.1 Å². The van der Waals surface area contributed by atoms with Crippen LogP contribution in [0.25, 0.3) is 0 Å². The maximum Gasteiger partial charge on any atom is 0.305 e. The van der Waals surface area contributed by atoms with Gasteiger partial charge in [0.25, 0.3) is 0 Å². The average molecular weight is 482 g/mol. The molecule has 1 rings (SSSR count). The van der Waals surface area contributed by atoms with Gasteiger partial charge in [-0.25, -0.2) is 0 Å². The molecule has 0 spiro atoms. The number of unbranched alkanes of at least 4 members (excludes halogenated alkanes) is 3. The van der Waals surface area contributed by atoms with Crippen LogP contribution in [0.5, 0.6) is 0 Å². The number of carbonyl (C=O) groups is 1. The smallest absolute Gasteiger partial charge is 0.305 e. The Labute approximate surface area is 176 Å². The second kappa shape index (κ2) is 16.6. The molecule has 2 N–H and O–H groups in total. The van der Waals surface area contributed by atoms with E-state index in [1.165, 1.54) is 38.9 Å². The minimum absolute atomic E-state index is 0. The van der Waals surface area contributed by atoms with Gasteiger partial charge in [-0.1, -0.05) is 19.8 Å². The van der Waals surface area contributed by atoms with E-state index in [4.69, 9.17) is 4.74 Å². The predicted octanol–water partition coefficient (Wildman–Crippen LogP) is 3.16. The number of hydrogen-bond acceptors (Lipinski definition) is 4. The summed E-state index contributed by atoms with van der Waals surface area (Å²) in [5.41, 5.74) is 0. The van der Waals surface area contributed by atoms with Crippen LogP contribution in [0.1, 0.15) is 65.2 Å². The number of piperidine rings is 1. The van der Waals surface area contributed by atoms with E-state index >= 15 is 0 Å². The fourth-order valence-corrected chi connectivity index (χ4v) is 3.19. The molecule has 0 aliphatic carbocycles. The molecule has 0 aromatic rings. The summed E-state index contributed by atoms with van der Waals surface area (Å²) in [6.07, 6.45) is 8.37. The zero-order valence-electron chi connectivity index (χ0n) is 16.9. The maximum atomic E-state index is 11.2. The highest BCUT2D eigenvalue weighted by molar-refractivity contribution is 14.0. The van der Waals surface area contributed by atoms with Gasteiger partial charge in [0.05, 0.1) is 6.61 Å². The third kappa shape index (κ3) is 11.9. The summed E-state index contributed by atoms with van der Waals surface area (Å²) in [4.78, 5) is 18.1. The zero-order valence-corrected chi connectivity index (χ0v) is 19.2. The highest BCUT2D eigenvalue weighted by atomic mass is 127. The lowest BCUT2D eigenvalue weighted by Crippen LogP contribution is -2.48. The zero-order chi connectivity index (χ0) is 18.3. The Morgan fingerprint density at radius 1 is 1.15 bits per heavy atom. The molecule has 0 aromatic heterocycles. The van der Waals surface area contributed by atoms with Gasteiger partial charge < -0.3 is 20.3 Å². The number of hydrogen-bond donors (Lipinski definition) is 2. The summed E-state index contributed by atoms with van der Waals surface area (Å²) in [5.74, 6) is 0.843. The van der Waals surface area contributed by atoms with E-state index < -0.39 is 0 Å². The van der Waals surface area contributed by atoms with Crippen molar-refractivity contribution in [3.05, 3.63) is 0 Å². The van der Waals surface area contributed by atoms with Gasteiger partial charge in [-0.3, -0.25) is 9.79 Å². The molecule has 0 radical (unpaired) electrons. The van der Waals surface area contributed by atoms with Crippen LogP contribution in [0.3, 0.4) is 0 Å². The van der Waals surface area contributed by atoms with E-state index in [0.29, 0.717) is 19.1 Å². The lowest BCUT2D eigenvalue weighted by atomic mass is 10.1. The molecule has 1 aliphatic rings. The van der Waals surface area contributed by atoms with Crippen molar-refractivity contribution in [3.8, 4) is 0 Å². The first-order valence-electron chi connectivity index (χ1n) is 10.0. The first kappa shape index (κ1) is 25.4. The van der Waals surface area contributed by atoms with E-state index in [2.05, 4.69) is 27.4 Å². The van der Waals surface area contributed by atoms with Crippen LogP contribution in [0.15, 0.2) is 4.99 Å². The Morgan fingerprint density at radius 3 is 2.46 bits per heavy atom. The normalized spacial score (nSPS) is 16.0. The molecule has 1 aliphatic heterocycles. The van der Waals surface area contributed by atoms with Gasteiger partial charge in [0.15, 0.2) is 5.96 Å². The predicted molar refractivity (Wildman–Crippen MR) is 119 cm³/mol. The third-order valence-electron chi connectivity index (χ3n) is 4.60. The fraction of sp³-hybridized carbons (Fsp3) is 0.895. The summed E-state index contributed by atoms with van der Waals surface area (Å²) in [6.45, 7) is 9.08. The van der Waals surface area contributed by atoms with Gasteiger partial charge >= 0.3 is 5.97 Å². The summed E-state index contributed by atoms with van der Waals surface area (Å²) in [7, 11) is 1.83. The molecule has 6 nitrogen and oxygen atoms in total. The van der Waals surface area contributed by atoms with Crippen LogP contribution in [-0.4, -0.2) is 62.7 Å². The molecule has 0 amide bonds. The van der Waals surface area contributed by atoms with E-state index in [-0.39, 0.29) is 29.9 Å². The van der Waals surface area contributed by atoms with Crippen molar-refractivity contribution in [2.24, 2.45) is 4.99 Å². The van der Waals surface area contributed by atoms with Gasteiger partial charge in [0.2, 0.25) is 0 Å². The number of aliphatic imine (C=N–C) groups is 1. The highest BCUT2D eigenvalue weighted by Gasteiger charge is 2.19. The van der Waals surface area contributed by atoms with Gasteiger partial charge in [-0.2, -0.15) is 0 Å². The topological polar surface area (TPSA) is 66.0 Å². The molecule has 0 saturated carbocycles. The number of carbonyl (C=O) groups excluding carboxylic acids is 1. The Balaban J connectivity index is 0.00000625. The number of esters is 1. The molecule has 0 atom stereocenters. The Hall–Kier alpha value is -0.570. The van der Waals surface area contributed by atoms with Crippen LogP contribution in [0, 0.1) is 0 Å². The molecular formula is C19H39IN4O2. The first-order chi connectivity index (χ1) is 12.2. The molecule has 0 bridgehead atoms. The lowest BCUT2D eigenvalue weighted by molar-refractivity contribution is -0.143. The Kier molecular flexibility index (Phi) is 16.2. The number of rotatable bonds is 11. The van der Waals surface area contributed by atoms with Crippen LogP contribution < -0.4 is 10.6 Å². The molecule has 154 valence electrons. The summed E-state index contributed by atoms with van der Waals surface area (Å²) >= 11 is 0. The number of likely N-dealkylation sites (tertiary alicyclic amines) is 1. The van der Waals surface area contributed by atoms with Crippen LogP contribution in [-0.2, 0) is 9.53 Å². The lowest BCUT2D eigenvalue weighted by Gasteiger charge is -2.32. The van der Waals surface area contributed by atoms with Crippen molar-refractivity contribution in [3.63, 3.8) is 0 Å². The maximum absolute atomic E-state index is 11.2. The molecule has 1 saturated heterocycles. The number of halogens is 1. The molecule has 1 heterocycles. The number of guanidine groups is 1. The largest absolute Gasteiger partial charge is 0.466 e. The van der Waals surface area contributed by atoms with Crippen molar-refractivity contribution >= 4 is 35.9 Å². The molecule has 26 heavy (non-hydrogen) atoms. The van der Waals surface area contributed by atoms with Crippen molar-refractivity contribution in [1.29, 1.82) is 0 Å². The van der Waals surface area contributed by atoms with Crippen molar-refractivity contribution < 1.29 is 9.53 Å². The Bertz CT molecular complexity index is 386. The molecule has 0 aromatic carbocycles. The van der Waals surface area contributed by atoms with Gasteiger partial charge in [-0.05, 0) is 45.6 Å². The standard InChI is InChI=1S/C19H38N4O2.HI/c1-4-14-23-15-11-17(12-16-23)22-19(20-3)21-13-9-7-6-8-10-18(24)25-5-2;/h17H,4-16H2,1-3H3,(H2,20,21,22);1H. The fourth-order valence-electron chi connectivity index (χ4n) is 3.19. The summed E-state index contributed by atoms with van der Waals surface area (Å²) in [5, 5.41) is 6.96. The van der Waals surface area contributed by atoms with Crippen molar-refractivity contribution in [1.82, 2.24) is 15.5 Å². The van der Waals surface area contributed by atoms with Gasteiger partial charge in [-0.15, -0.1) is 24.0 Å². The van der Waals surface area contributed by atoms with E-state index in [9.17, 15) is 4.79 Å². The first-order valence-corrected chi connectivity index (χ1v) is 10.0. The summed E-state index contributed by atoms with van der Waals surface area (Å²) < 4.78 is 4.93. The summed E-state index contributed by atoms with van der Waals surface area (Å²) in [6, 6.07) is 0.531. The molecule has 0 unspecified atom stereocenters. The van der Waals surface area contributed by atoms with Crippen molar-refractivity contribution in [2.45, 2.75) is 71.3 Å². The van der Waals surface area contributed by atoms with Crippen molar-refractivity contribution in [2.75, 3.05) is 39.8 Å². The minimum Gasteiger partial charge on any atom is -0.466 e. The van der Waals surface area contributed by atoms with Gasteiger partial charge in [0.1, 0.15) is 0 Å². The van der Waals surface area contributed by atoms with E-state index in [1.807, 2.05) is 14.0 Å². The SMILES string of the molecule is CCCN1CCC(NC(=NC)NCCCCCCC(=O)OCC)CC1.I. The van der Waals surface area contributed by atoms with E-state index in [0.717, 1.165) is 38.2 Å². The number of nitrogens with one attached hydrogen (secondary N) is 2. The van der Waals surface area contributed by atoms with E-state index in [1.54, 1.807) is 0 Å². The second-order valence-corrected chi connectivity index (χ2v) is 6.73. The molecular weight excluding hydrogens is 443 g/mol. The monoisotopic (exact) mass is 482 g/mol. The molecule has 1 fully saturated rings. The number of ether oxygens (including phenoxy) is 1. The average Bonchev–Trinajstić information content (AvgIpc) is 2.62. The van der Waals surface area contributed by atoms with Crippen LogP contribution in [0.4, 0.5) is 0 Å².